The molecule has 1 aromatic carbocycles. The molecule has 84 valence electrons. The van der Waals surface area contributed by atoms with Gasteiger partial charge in [-0.3, -0.25) is 0 Å². The zero-order valence-corrected chi connectivity index (χ0v) is 9.70. The first-order valence-corrected chi connectivity index (χ1v) is 5.95. The van der Waals surface area contributed by atoms with E-state index >= 15 is 0 Å². The quantitative estimate of drug-likeness (QED) is 0.775. The molecular formula is C14H17NO. The van der Waals surface area contributed by atoms with Gasteiger partial charge >= 0.3 is 0 Å². The van der Waals surface area contributed by atoms with Gasteiger partial charge in [-0.15, -0.1) is 0 Å². The first-order valence-electron chi connectivity index (χ1n) is 5.95. The summed E-state index contributed by atoms with van der Waals surface area (Å²) in [5.41, 5.74) is 2.89. The second kappa shape index (κ2) is 5.03. The summed E-state index contributed by atoms with van der Waals surface area (Å²) in [6, 6.07) is 8.46. The number of hydrogen-bond acceptors (Lipinski definition) is 2. The summed E-state index contributed by atoms with van der Waals surface area (Å²) < 4.78 is 5.70. The van der Waals surface area contributed by atoms with Gasteiger partial charge in [-0.25, -0.2) is 0 Å². The molecule has 1 aromatic rings. The number of nitrogens with zero attached hydrogens (tertiary/aromatic N) is 1. The third-order valence-electron chi connectivity index (χ3n) is 3.04. The zero-order chi connectivity index (χ0) is 11.4. The van der Waals surface area contributed by atoms with Gasteiger partial charge in [0.25, 0.3) is 0 Å². The van der Waals surface area contributed by atoms with Crippen LogP contribution in [0, 0.1) is 11.3 Å². The molecule has 0 aromatic heterocycles. The highest BCUT2D eigenvalue weighted by atomic mass is 16.5. The maximum atomic E-state index is 8.58. The lowest BCUT2D eigenvalue weighted by Gasteiger charge is -2.18. The van der Waals surface area contributed by atoms with Crippen molar-refractivity contribution in [1.29, 1.82) is 5.26 Å². The van der Waals surface area contributed by atoms with Crippen molar-refractivity contribution in [2.45, 2.75) is 45.1 Å². The predicted molar refractivity (Wildman–Crippen MR) is 63.4 cm³/mol. The summed E-state index contributed by atoms with van der Waals surface area (Å²) >= 11 is 0. The number of rotatable bonds is 3. The number of benzene rings is 1. The van der Waals surface area contributed by atoms with Gasteiger partial charge in [0.1, 0.15) is 11.9 Å². The molecule has 1 aliphatic carbocycles. The van der Waals surface area contributed by atoms with E-state index in [-0.39, 0.29) is 6.10 Å². The average molecular weight is 215 g/mol. The van der Waals surface area contributed by atoms with Crippen LogP contribution >= 0.6 is 0 Å². The van der Waals surface area contributed by atoms with Crippen LogP contribution in [0.1, 0.15) is 37.3 Å². The molecule has 0 fully saturated rings. The predicted octanol–water partition coefficient (Wildman–Crippen LogP) is 3.25. The first-order chi connectivity index (χ1) is 7.79. The second-order valence-electron chi connectivity index (χ2n) is 4.43. The van der Waals surface area contributed by atoms with Crippen molar-refractivity contribution < 1.29 is 4.74 Å². The molecule has 0 saturated heterocycles. The molecule has 16 heavy (non-hydrogen) atoms. The molecule has 0 amide bonds. The maximum Gasteiger partial charge on any atom is 0.120 e. The Bertz CT molecular complexity index is 406. The van der Waals surface area contributed by atoms with E-state index in [9.17, 15) is 0 Å². The molecule has 0 N–H and O–H groups in total. The minimum absolute atomic E-state index is 0.0216. The molecule has 2 nitrogen and oxygen atoms in total. The maximum absolute atomic E-state index is 8.58. The van der Waals surface area contributed by atoms with E-state index in [2.05, 4.69) is 18.2 Å². The summed E-state index contributed by atoms with van der Waals surface area (Å²) in [7, 11) is 0. The molecule has 2 heteroatoms. The van der Waals surface area contributed by atoms with Crippen molar-refractivity contribution in [3.05, 3.63) is 29.3 Å². The van der Waals surface area contributed by atoms with E-state index < -0.39 is 0 Å². The first kappa shape index (κ1) is 11.0. The Morgan fingerprint density at radius 3 is 2.81 bits per heavy atom. The van der Waals surface area contributed by atoms with Gasteiger partial charge in [0.05, 0.1) is 12.5 Å². The molecule has 0 aliphatic heterocycles. The van der Waals surface area contributed by atoms with E-state index in [0.29, 0.717) is 6.42 Å². The number of ether oxygens (including phenoxy) is 1. The molecule has 0 radical (unpaired) electrons. The number of fused-ring (bicyclic) bond motifs is 1. The van der Waals surface area contributed by atoms with Crippen LogP contribution in [0.25, 0.3) is 0 Å². The second-order valence-corrected chi connectivity index (χ2v) is 4.43. The fraction of sp³-hybridized carbons (Fsp3) is 0.500. The van der Waals surface area contributed by atoms with Crippen LogP contribution in [0.2, 0.25) is 0 Å². The Hall–Kier alpha value is -1.49. The van der Waals surface area contributed by atoms with E-state index in [1.165, 1.54) is 36.8 Å². The normalized spacial score (nSPS) is 16.0. The molecule has 1 aliphatic rings. The lowest BCUT2D eigenvalue weighted by atomic mass is 9.92. The molecule has 0 spiro atoms. The molecule has 0 saturated carbocycles. The van der Waals surface area contributed by atoms with Gasteiger partial charge in [-0.2, -0.15) is 5.26 Å². The van der Waals surface area contributed by atoms with Crippen molar-refractivity contribution in [2.75, 3.05) is 0 Å². The topological polar surface area (TPSA) is 33.0 Å². The highest BCUT2D eigenvalue weighted by Gasteiger charge is 2.11. The lowest BCUT2D eigenvalue weighted by molar-refractivity contribution is 0.227. The smallest absolute Gasteiger partial charge is 0.120 e. The minimum Gasteiger partial charge on any atom is -0.490 e. The van der Waals surface area contributed by atoms with Crippen molar-refractivity contribution in [3.63, 3.8) is 0 Å². The molecule has 1 atom stereocenters. The van der Waals surface area contributed by atoms with Crippen LogP contribution in [0.3, 0.4) is 0 Å². The number of hydrogen-bond donors (Lipinski definition) is 0. The van der Waals surface area contributed by atoms with E-state index in [4.69, 9.17) is 10.00 Å². The lowest BCUT2D eigenvalue weighted by Crippen LogP contribution is -2.11. The van der Waals surface area contributed by atoms with Crippen molar-refractivity contribution >= 4 is 0 Å². The standard InChI is InChI=1S/C14H17NO/c1-11(8-9-15)16-14-7-6-12-4-2-3-5-13(12)10-14/h6-7,10-11H,2-5,8H2,1H3. The molecular weight excluding hydrogens is 198 g/mol. The summed E-state index contributed by atoms with van der Waals surface area (Å²) in [5, 5.41) is 8.58. The van der Waals surface area contributed by atoms with Crippen LogP contribution in [-0.2, 0) is 12.8 Å². The Morgan fingerprint density at radius 1 is 1.31 bits per heavy atom. The highest BCUT2D eigenvalue weighted by Crippen LogP contribution is 2.25. The highest BCUT2D eigenvalue weighted by molar-refractivity contribution is 5.37. The largest absolute Gasteiger partial charge is 0.490 e. The van der Waals surface area contributed by atoms with Crippen LogP contribution in [0.15, 0.2) is 18.2 Å². The van der Waals surface area contributed by atoms with Gasteiger partial charge in [-0.1, -0.05) is 6.07 Å². The third kappa shape index (κ3) is 2.55. The summed E-state index contributed by atoms with van der Waals surface area (Å²) in [6.45, 7) is 1.93. The van der Waals surface area contributed by atoms with Crippen LogP contribution < -0.4 is 4.74 Å². The number of aryl methyl sites for hydroxylation is 2. The van der Waals surface area contributed by atoms with Crippen molar-refractivity contribution in [3.8, 4) is 11.8 Å². The molecule has 0 bridgehead atoms. The van der Waals surface area contributed by atoms with E-state index in [0.717, 1.165) is 5.75 Å². The van der Waals surface area contributed by atoms with E-state index in [1.54, 1.807) is 0 Å². The summed E-state index contributed by atoms with van der Waals surface area (Å²) in [5.74, 6) is 0.906. The summed E-state index contributed by atoms with van der Waals surface area (Å²) in [6.07, 6.45) is 5.37. The fourth-order valence-electron chi connectivity index (χ4n) is 2.19. The monoisotopic (exact) mass is 215 g/mol. The van der Waals surface area contributed by atoms with Gasteiger partial charge in [0, 0.05) is 0 Å². The molecule has 2 rings (SSSR count). The molecule has 1 unspecified atom stereocenters. The SMILES string of the molecule is CC(CC#N)Oc1ccc2c(c1)CCCC2. The van der Waals surface area contributed by atoms with Crippen LogP contribution in [-0.4, -0.2) is 6.10 Å². The summed E-state index contributed by atoms with van der Waals surface area (Å²) in [4.78, 5) is 0. The van der Waals surface area contributed by atoms with Crippen LogP contribution in [0.4, 0.5) is 0 Å². The average Bonchev–Trinajstić information content (AvgIpc) is 2.29. The Balaban J connectivity index is 2.08. The van der Waals surface area contributed by atoms with Gasteiger partial charge in [-0.05, 0) is 55.9 Å². The zero-order valence-electron chi connectivity index (χ0n) is 9.70. The van der Waals surface area contributed by atoms with Crippen molar-refractivity contribution in [2.24, 2.45) is 0 Å². The van der Waals surface area contributed by atoms with Gasteiger partial charge in [0.15, 0.2) is 0 Å². The van der Waals surface area contributed by atoms with Gasteiger partial charge in [0.2, 0.25) is 0 Å². The Morgan fingerprint density at radius 2 is 2.06 bits per heavy atom. The Kier molecular flexibility index (Phi) is 3.46. The molecule has 0 heterocycles. The fourth-order valence-corrected chi connectivity index (χ4v) is 2.19. The van der Waals surface area contributed by atoms with Crippen LogP contribution in [0.5, 0.6) is 5.75 Å². The Labute approximate surface area is 96.9 Å². The van der Waals surface area contributed by atoms with Crippen molar-refractivity contribution in [1.82, 2.24) is 0 Å². The number of nitriles is 1. The minimum atomic E-state index is -0.0216. The van der Waals surface area contributed by atoms with Gasteiger partial charge < -0.3 is 4.74 Å². The van der Waals surface area contributed by atoms with E-state index in [1.807, 2.05) is 13.0 Å². The third-order valence-corrected chi connectivity index (χ3v) is 3.04.